The van der Waals surface area contributed by atoms with Crippen LogP contribution in [0.2, 0.25) is 5.02 Å². The van der Waals surface area contributed by atoms with Crippen LogP contribution in [0.25, 0.3) is 10.2 Å². The van der Waals surface area contributed by atoms with E-state index in [0.29, 0.717) is 6.04 Å². The lowest BCUT2D eigenvalue weighted by molar-refractivity contribution is 0.456. The van der Waals surface area contributed by atoms with E-state index in [1.54, 1.807) is 11.3 Å². The third-order valence-corrected chi connectivity index (χ3v) is 6.86. The number of hydrogen-bond acceptors (Lipinski definition) is 3. The zero-order valence-corrected chi connectivity index (χ0v) is 12.0. The van der Waals surface area contributed by atoms with Crippen molar-refractivity contribution < 1.29 is 0 Å². The molecule has 19 heavy (non-hydrogen) atoms. The fraction of sp³-hybridized carbons (Fsp3) is 0.533. The van der Waals surface area contributed by atoms with Gasteiger partial charge >= 0.3 is 0 Å². The molecule has 2 bridgehead atoms. The van der Waals surface area contributed by atoms with Crippen LogP contribution in [0.3, 0.4) is 0 Å². The minimum atomic E-state index is 0.700. The summed E-state index contributed by atoms with van der Waals surface area (Å²) >= 11 is 7.92. The van der Waals surface area contributed by atoms with Gasteiger partial charge in [0.05, 0.1) is 15.2 Å². The molecule has 3 saturated carbocycles. The molecule has 0 spiro atoms. The second kappa shape index (κ2) is 3.64. The Morgan fingerprint density at radius 1 is 1.21 bits per heavy atom. The molecule has 4 heteroatoms. The zero-order valence-electron chi connectivity index (χ0n) is 10.5. The first-order valence-corrected chi connectivity index (χ1v) is 8.32. The summed E-state index contributed by atoms with van der Waals surface area (Å²) in [6.45, 7) is 0. The lowest BCUT2D eigenvalue weighted by atomic mass is 10.0. The Kier molecular flexibility index (Phi) is 2.09. The van der Waals surface area contributed by atoms with Gasteiger partial charge in [0, 0.05) is 6.04 Å². The predicted molar refractivity (Wildman–Crippen MR) is 79.9 cm³/mol. The number of thiazole rings is 1. The Labute approximate surface area is 121 Å². The summed E-state index contributed by atoms with van der Waals surface area (Å²) in [5, 5.41) is 5.56. The molecule has 3 fully saturated rings. The average Bonchev–Trinajstić information content (AvgIpc) is 2.81. The van der Waals surface area contributed by atoms with Crippen LogP contribution in [-0.4, -0.2) is 11.0 Å². The molecule has 4 atom stereocenters. The molecule has 3 aliphatic carbocycles. The van der Waals surface area contributed by atoms with Crippen LogP contribution in [0.15, 0.2) is 18.2 Å². The number of anilines is 1. The lowest BCUT2D eigenvalue weighted by Gasteiger charge is -2.08. The van der Waals surface area contributed by atoms with Gasteiger partial charge in [-0.05, 0) is 55.1 Å². The van der Waals surface area contributed by atoms with E-state index in [-0.39, 0.29) is 0 Å². The summed E-state index contributed by atoms with van der Waals surface area (Å²) in [6.07, 6.45) is 4.44. The average molecular weight is 291 g/mol. The number of benzene rings is 1. The normalized spacial score (nSPS) is 38.7. The number of halogens is 1. The third-order valence-electron chi connectivity index (χ3n) is 5.39. The molecule has 5 rings (SSSR count). The van der Waals surface area contributed by atoms with Gasteiger partial charge < -0.3 is 5.32 Å². The summed E-state index contributed by atoms with van der Waals surface area (Å²) in [7, 11) is 0. The summed E-state index contributed by atoms with van der Waals surface area (Å²) in [5.41, 5.74) is 1.02. The molecule has 2 aromatic rings. The van der Waals surface area contributed by atoms with Crippen molar-refractivity contribution in [3.63, 3.8) is 0 Å². The Balaban J connectivity index is 1.43. The van der Waals surface area contributed by atoms with Gasteiger partial charge in [-0.3, -0.25) is 0 Å². The standard InChI is InChI=1S/C15H15ClN2S/c16-9-2-1-3-10-14(9)19-15(17-10)18-13-11-7-4-5-8(6-7)12(11)13/h1-3,7-8,11-13H,4-6H2,(H,17,18). The number of nitrogens with zero attached hydrogens (tertiary/aromatic N) is 1. The maximum atomic E-state index is 6.22. The molecule has 1 aromatic carbocycles. The molecule has 98 valence electrons. The smallest absolute Gasteiger partial charge is 0.184 e. The van der Waals surface area contributed by atoms with Gasteiger partial charge in [-0.2, -0.15) is 0 Å². The van der Waals surface area contributed by atoms with Crippen molar-refractivity contribution >= 4 is 38.3 Å². The van der Waals surface area contributed by atoms with Gasteiger partial charge in [-0.1, -0.05) is 29.0 Å². The largest absolute Gasteiger partial charge is 0.358 e. The first-order chi connectivity index (χ1) is 9.31. The highest BCUT2D eigenvalue weighted by Gasteiger charge is 2.65. The highest BCUT2D eigenvalue weighted by Crippen LogP contribution is 2.66. The molecule has 0 amide bonds. The minimum absolute atomic E-state index is 0.700. The second-order valence-corrected chi connectivity index (χ2v) is 7.67. The van der Waals surface area contributed by atoms with Gasteiger partial charge in [0.2, 0.25) is 0 Å². The van der Waals surface area contributed by atoms with E-state index >= 15 is 0 Å². The molecular formula is C15H15ClN2S. The quantitative estimate of drug-likeness (QED) is 0.886. The van der Waals surface area contributed by atoms with Crippen LogP contribution < -0.4 is 5.32 Å². The number of fused-ring (bicyclic) bond motifs is 6. The highest BCUT2D eigenvalue weighted by atomic mass is 35.5. The molecule has 4 unspecified atom stereocenters. The van der Waals surface area contributed by atoms with Gasteiger partial charge in [0.25, 0.3) is 0 Å². The van der Waals surface area contributed by atoms with Crippen molar-refractivity contribution in [3.8, 4) is 0 Å². The molecular weight excluding hydrogens is 276 g/mol. The van der Waals surface area contributed by atoms with Crippen LogP contribution in [0.5, 0.6) is 0 Å². The number of hydrogen-bond donors (Lipinski definition) is 1. The Bertz CT molecular complexity index is 651. The maximum Gasteiger partial charge on any atom is 0.184 e. The molecule has 1 aromatic heterocycles. The van der Waals surface area contributed by atoms with Gasteiger partial charge in [-0.15, -0.1) is 0 Å². The van der Waals surface area contributed by atoms with Crippen LogP contribution in [-0.2, 0) is 0 Å². The SMILES string of the molecule is Clc1cccc2nc(NC3C4C5CCC(C5)C34)sc12. The Morgan fingerprint density at radius 3 is 2.74 bits per heavy atom. The molecule has 0 saturated heterocycles. The monoisotopic (exact) mass is 290 g/mol. The molecule has 0 aliphatic heterocycles. The van der Waals surface area contributed by atoms with Crippen molar-refractivity contribution in [3.05, 3.63) is 23.2 Å². The van der Waals surface area contributed by atoms with E-state index < -0.39 is 0 Å². The van der Waals surface area contributed by atoms with E-state index in [9.17, 15) is 0 Å². The van der Waals surface area contributed by atoms with E-state index in [1.165, 1.54) is 19.3 Å². The van der Waals surface area contributed by atoms with E-state index in [1.807, 2.05) is 18.2 Å². The first kappa shape index (κ1) is 10.9. The summed E-state index contributed by atoms with van der Waals surface area (Å²) in [6, 6.07) is 6.66. The lowest BCUT2D eigenvalue weighted by Crippen LogP contribution is -2.12. The third kappa shape index (κ3) is 1.46. The van der Waals surface area contributed by atoms with Crippen molar-refractivity contribution in [1.29, 1.82) is 0 Å². The van der Waals surface area contributed by atoms with E-state index in [2.05, 4.69) is 10.3 Å². The van der Waals surface area contributed by atoms with Crippen LogP contribution >= 0.6 is 22.9 Å². The summed E-state index contributed by atoms with van der Waals surface area (Å²) < 4.78 is 1.11. The van der Waals surface area contributed by atoms with Crippen molar-refractivity contribution in [1.82, 2.24) is 4.98 Å². The van der Waals surface area contributed by atoms with Crippen LogP contribution in [0, 0.1) is 23.7 Å². The molecule has 3 aliphatic rings. The molecule has 2 nitrogen and oxygen atoms in total. The topological polar surface area (TPSA) is 24.9 Å². The first-order valence-electron chi connectivity index (χ1n) is 7.13. The van der Waals surface area contributed by atoms with Gasteiger partial charge in [-0.25, -0.2) is 4.98 Å². The molecule has 1 N–H and O–H groups in total. The number of rotatable bonds is 2. The fourth-order valence-electron chi connectivity index (χ4n) is 4.64. The van der Waals surface area contributed by atoms with Crippen LogP contribution in [0.1, 0.15) is 19.3 Å². The Morgan fingerprint density at radius 2 is 2.00 bits per heavy atom. The molecule has 1 heterocycles. The summed E-state index contributed by atoms with van der Waals surface area (Å²) in [5.74, 6) is 3.90. The molecule has 0 radical (unpaired) electrons. The van der Waals surface area contributed by atoms with Crippen LogP contribution in [0.4, 0.5) is 5.13 Å². The predicted octanol–water partition coefficient (Wildman–Crippen LogP) is 4.41. The van der Waals surface area contributed by atoms with E-state index in [4.69, 9.17) is 11.6 Å². The van der Waals surface area contributed by atoms with E-state index in [0.717, 1.165) is 44.0 Å². The summed E-state index contributed by atoms with van der Waals surface area (Å²) in [4.78, 5) is 4.67. The Hall–Kier alpha value is -0.800. The van der Waals surface area contributed by atoms with Gasteiger partial charge in [0.1, 0.15) is 0 Å². The number of aromatic nitrogens is 1. The minimum Gasteiger partial charge on any atom is -0.358 e. The van der Waals surface area contributed by atoms with Crippen molar-refractivity contribution in [2.24, 2.45) is 23.7 Å². The second-order valence-electron chi connectivity index (χ2n) is 6.27. The van der Waals surface area contributed by atoms with Crippen molar-refractivity contribution in [2.75, 3.05) is 5.32 Å². The number of nitrogens with one attached hydrogen (secondary N) is 1. The fourth-order valence-corrected chi connectivity index (χ4v) is 5.84. The zero-order chi connectivity index (χ0) is 12.6. The van der Waals surface area contributed by atoms with Crippen molar-refractivity contribution in [2.45, 2.75) is 25.3 Å². The van der Waals surface area contributed by atoms with Gasteiger partial charge in [0.15, 0.2) is 5.13 Å². The highest BCUT2D eigenvalue weighted by molar-refractivity contribution is 7.22. The maximum absolute atomic E-state index is 6.22.